The Morgan fingerprint density at radius 1 is 0.800 bits per heavy atom. The monoisotopic (exact) mass is 142 g/mol. The van der Waals surface area contributed by atoms with Gasteiger partial charge in [0.05, 0.1) is 0 Å². The zero-order chi connectivity index (χ0) is 8.31. The molecule has 0 aliphatic rings. The Morgan fingerprint density at radius 2 is 1.00 bits per heavy atom. The number of nitrogens with two attached hydrogens (primary N) is 2. The van der Waals surface area contributed by atoms with Crippen LogP contribution in [-0.2, 0) is 0 Å². The summed E-state index contributed by atoms with van der Waals surface area (Å²) in [6.07, 6.45) is 0. The molecule has 0 saturated carbocycles. The molecule has 0 aliphatic carbocycles. The second-order valence-corrected chi connectivity index (χ2v) is 3.22. The molecular weight excluding hydrogens is 124 g/mol. The molecule has 0 aliphatic heterocycles. The normalized spacial score (nSPS) is 14.2. The fourth-order valence-electron chi connectivity index (χ4n) is 0.667. The average Bonchev–Trinajstić information content (AvgIpc) is 1.84. The maximum atomic E-state index is 5.72. The third kappa shape index (κ3) is 2.29. The first kappa shape index (κ1) is 9.34. The van der Waals surface area contributed by atoms with E-state index < -0.39 is 0 Å². The van der Waals surface area contributed by atoms with Crippen molar-refractivity contribution in [3.63, 3.8) is 0 Å². The van der Waals surface area contributed by atoms with Crippen LogP contribution in [0.1, 0.15) is 27.7 Å². The summed E-state index contributed by atoms with van der Waals surface area (Å²) in [5, 5.41) is 0. The van der Waals surface area contributed by atoms with Crippen LogP contribution in [0.4, 0.5) is 0 Å². The third-order valence-corrected chi connectivity index (χ3v) is 1.58. The van der Waals surface area contributed by atoms with Gasteiger partial charge < -0.3 is 11.5 Å². The van der Waals surface area contributed by atoms with Crippen molar-refractivity contribution in [3.8, 4) is 0 Å². The van der Waals surface area contributed by atoms with Crippen molar-refractivity contribution in [1.29, 1.82) is 0 Å². The Labute approximate surface area is 63.3 Å². The van der Waals surface area contributed by atoms with Gasteiger partial charge in [0.2, 0.25) is 0 Å². The molecule has 2 heteroatoms. The molecule has 0 aromatic heterocycles. The Morgan fingerprint density at radius 3 is 1.10 bits per heavy atom. The van der Waals surface area contributed by atoms with Crippen LogP contribution in [0, 0.1) is 11.8 Å². The fraction of sp³-hybridized carbons (Fsp3) is 0.750. The second kappa shape index (κ2) is 3.49. The molecule has 10 heavy (non-hydrogen) atoms. The molecule has 0 unspecified atom stereocenters. The predicted molar refractivity (Wildman–Crippen MR) is 45.1 cm³/mol. The third-order valence-electron chi connectivity index (χ3n) is 1.58. The molecule has 60 valence electrons. The quantitative estimate of drug-likeness (QED) is 0.612. The van der Waals surface area contributed by atoms with E-state index in [1.54, 1.807) is 0 Å². The van der Waals surface area contributed by atoms with Gasteiger partial charge in [0, 0.05) is 11.4 Å². The summed E-state index contributed by atoms with van der Waals surface area (Å²) in [5.41, 5.74) is 13.1. The number of rotatable bonds is 2. The van der Waals surface area contributed by atoms with Gasteiger partial charge in [-0.25, -0.2) is 0 Å². The minimum absolute atomic E-state index is 0.363. The van der Waals surface area contributed by atoms with E-state index in [9.17, 15) is 0 Å². The smallest absolute Gasteiger partial charge is 0.0300 e. The highest BCUT2D eigenvalue weighted by Crippen LogP contribution is 2.11. The Bertz CT molecular complexity index is 118. The fourth-order valence-corrected chi connectivity index (χ4v) is 0.667. The molecular formula is C8H18N2. The van der Waals surface area contributed by atoms with Crippen molar-refractivity contribution in [2.45, 2.75) is 27.7 Å². The molecule has 0 bridgehead atoms. The van der Waals surface area contributed by atoms with Gasteiger partial charge in [-0.15, -0.1) is 0 Å². The standard InChI is InChI=1S/C8H18N2/c1-5(2)7(9)8(10)6(3)4/h5-6H,9-10H2,1-4H3. The van der Waals surface area contributed by atoms with Gasteiger partial charge in [0.1, 0.15) is 0 Å². The Balaban J connectivity index is 4.34. The lowest BCUT2D eigenvalue weighted by atomic mass is 10.0. The van der Waals surface area contributed by atoms with E-state index in [0.717, 1.165) is 11.4 Å². The zero-order valence-electron chi connectivity index (χ0n) is 7.31. The van der Waals surface area contributed by atoms with E-state index in [-0.39, 0.29) is 0 Å². The Hall–Kier alpha value is -0.660. The van der Waals surface area contributed by atoms with E-state index >= 15 is 0 Å². The molecule has 2 nitrogen and oxygen atoms in total. The lowest BCUT2D eigenvalue weighted by molar-refractivity contribution is 0.675. The predicted octanol–water partition coefficient (Wildman–Crippen LogP) is 1.43. The highest BCUT2D eigenvalue weighted by Gasteiger charge is 2.05. The SMILES string of the molecule is CC(C)C(N)=C(N)C(C)C. The van der Waals surface area contributed by atoms with Crippen molar-refractivity contribution in [1.82, 2.24) is 0 Å². The summed E-state index contributed by atoms with van der Waals surface area (Å²) in [7, 11) is 0. The molecule has 0 radical (unpaired) electrons. The van der Waals surface area contributed by atoms with Crippen LogP contribution in [0.25, 0.3) is 0 Å². The molecule has 0 fully saturated rings. The topological polar surface area (TPSA) is 52.0 Å². The summed E-state index contributed by atoms with van der Waals surface area (Å²) >= 11 is 0. The van der Waals surface area contributed by atoms with E-state index in [4.69, 9.17) is 11.5 Å². The van der Waals surface area contributed by atoms with Gasteiger partial charge in [0.25, 0.3) is 0 Å². The lowest BCUT2D eigenvalue weighted by Crippen LogP contribution is -2.18. The lowest BCUT2D eigenvalue weighted by Gasteiger charge is -2.12. The number of hydrogen-bond donors (Lipinski definition) is 2. The van der Waals surface area contributed by atoms with Gasteiger partial charge >= 0.3 is 0 Å². The summed E-state index contributed by atoms with van der Waals surface area (Å²) in [6.45, 7) is 8.18. The van der Waals surface area contributed by atoms with Crippen LogP contribution in [0.2, 0.25) is 0 Å². The maximum Gasteiger partial charge on any atom is 0.0300 e. The van der Waals surface area contributed by atoms with Crippen LogP contribution in [0.3, 0.4) is 0 Å². The molecule has 4 N–H and O–H groups in total. The van der Waals surface area contributed by atoms with Crippen LogP contribution in [0.15, 0.2) is 11.4 Å². The average molecular weight is 142 g/mol. The number of hydrogen-bond acceptors (Lipinski definition) is 2. The van der Waals surface area contributed by atoms with Crippen LogP contribution >= 0.6 is 0 Å². The van der Waals surface area contributed by atoms with E-state index in [1.165, 1.54) is 0 Å². The molecule has 0 atom stereocenters. The summed E-state index contributed by atoms with van der Waals surface area (Å²) in [6, 6.07) is 0. The van der Waals surface area contributed by atoms with Crippen molar-refractivity contribution in [2.24, 2.45) is 23.3 Å². The van der Waals surface area contributed by atoms with Gasteiger partial charge in [-0.2, -0.15) is 0 Å². The van der Waals surface area contributed by atoms with Crippen molar-refractivity contribution in [2.75, 3.05) is 0 Å². The molecule has 0 rings (SSSR count). The zero-order valence-corrected chi connectivity index (χ0v) is 7.31. The van der Waals surface area contributed by atoms with Crippen molar-refractivity contribution < 1.29 is 0 Å². The van der Waals surface area contributed by atoms with Crippen LogP contribution in [-0.4, -0.2) is 0 Å². The molecule has 0 aromatic carbocycles. The minimum atomic E-state index is 0.363. The van der Waals surface area contributed by atoms with E-state index in [0.29, 0.717) is 11.8 Å². The van der Waals surface area contributed by atoms with E-state index in [2.05, 4.69) is 0 Å². The first-order valence-electron chi connectivity index (χ1n) is 3.71. The summed E-state index contributed by atoms with van der Waals surface area (Å²) < 4.78 is 0. The molecule has 0 aromatic rings. The van der Waals surface area contributed by atoms with Gasteiger partial charge in [0.15, 0.2) is 0 Å². The van der Waals surface area contributed by atoms with Crippen molar-refractivity contribution >= 4 is 0 Å². The largest absolute Gasteiger partial charge is 0.400 e. The first-order valence-corrected chi connectivity index (χ1v) is 3.71. The highest BCUT2D eigenvalue weighted by atomic mass is 14.7. The van der Waals surface area contributed by atoms with Crippen LogP contribution < -0.4 is 11.5 Å². The molecule has 0 heterocycles. The molecule has 0 saturated heterocycles. The molecule has 0 amide bonds. The van der Waals surface area contributed by atoms with Gasteiger partial charge in [-0.3, -0.25) is 0 Å². The van der Waals surface area contributed by atoms with Gasteiger partial charge in [-0.1, -0.05) is 27.7 Å². The minimum Gasteiger partial charge on any atom is -0.400 e. The maximum absolute atomic E-state index is 5.72. The number of allylic oxidation sites excluding steroid dienone is 2. The summed E-state index contributed by atoms with van der Waals surface area (Å²) in [4.78, 5) is 0. The molecule has 0 spiro atoms. The first-order chi connectivity index (χ1) is 4.46. The highest BCUT2D eigenvalue weighted by molar-refractivity contribution is 5.10. The van der Waals surface area contributed by atoms with Crippen molar-refractivity contribution in [3.05, 3.63) is 11.4 Å². The Kier molecular flexibility index (Phi) is 3.26. The summed E-state index contributed by atoms with van der Waals surface area (Å²) in [5.74, 6) is 0.727. The second-order valence-electron chi connectivity index (χ2n) is 3.22. The van der Waals surface area contributed by atoms with Crippen LogP contribution in [0.5, 0.6) is 0 Å². The van der Waals surface area contributed by atoms with Gasteiger partial charge in [-0.05, 0) is 11.8 Å². The van der Waals surface area contributed by atoms with E-state index in [1.807, 2.05) is 27.7 Å².